The Balaban J connectivity index is 2.53. The van der Waals surface area contributed by atoms with Crippen LogP contribution in [0.5, 0.6) is 0 Å². The van der Waals surface area contributed by atoms with Gasteiger partial charge in [-0.3, -0.25) is 14.9 Å². The lowest BCUT2D eigenvalue weighted by Gasteiger charge is -2.19. The van der Waals surface area contributed by atoms with Crippen molar-refractivity contribution in [2.45, 2.75) is 32.2 Å². The summed E-state index contributed by atoms with van der Waals surface area (Å²) in [6.07, 6.45) is -5.97. The fourth-order valence-corrected chi connectivity index (χ4v) is 2.19. The van der Waals surface area contributed by atoms with E-state index in [9.17, 15) is 32.9 Å². The number of ether oxygens (including phenoxy) is 3. The van der Waals surface area contributed by atoms with Crippen LogP contribution in [-0.4, -0.2) is 56.0 Å². The zero-order chi connectivity index (χ0) is 23.3. The van der Waals surface area contributed by atoms with Crippen LogP contribution in [0.25, 0.3) is 0 Å². The molecule has 31 heavy (non-hydrogen) atoms. The van der Waals surface area contributed by atoms with Gasteiger partial charge in [0.2, 0.25) is 0 Å². The second-order valence-corrected chi connectivity index (χ2v) is 6.03. The summed E-state index contributed by atoms with van der Waals surface area (Å²) in [4.78, 5) is 32.2. The summed E-state index contributed by atoms with van der Waals surface area (Å²) in [6, 6.07) is 5.40. The number of hydrogen-bond acceptors (Lipinski definition) is 7. The highest BCUT2D eigenvalue weighted by Crippen LogP contribution is 2.22. The predicted octanol–water partition coefficient (Wildman–Crippen LogP) is 2.83. The highest BCUT2D eigenvalue weighted by Gasteiger charge is 2.38. The van der Waals surface area contributed by atoms with E-state index in [1.165, 1.54) is 24.3 Å². The van der Waals surface area contributed by atoms with E-state index < -0.39 is 29.4 Å². The average molecular weight is 451 g/mol. The summed E-state index contributed by atoms with van der Waals surface area (Å²) >= 11 is 0. The largest absolute Gasteiger partial charge is 0.471 e. The highest BCUT2D eigenvalue weighted by molar-refractivity contribution is 5.81. The first-order valence-electron chi connectivity index (χ1n) is 9.38. The number of nitro groups is 1. The van der Waals surface area contributed by atoms with Crippen molar-refractivity contribution in [3.8, 4) is 0 Å². The fraction of sp³-hybridized carbons (Fsp3) is 0.556. The third-order valence-corrected chi connectivity index (χ3v) is 3.64. The maximum Gasteiger partial charge on any atom is 0.471 e. The lowest BCUT2D eigenvalue weighted by molar-refractivity contribution is -0.384. The molecular formula is C18H24F3N3O7. The fourth-order valence-electron chi connectivity index (χ4n) is 2.19. The first kappa shape index (κ1) is 26.1. The first-order chi connectivity index (χ1) is 14.6. The molecule has 0 saturated heterocycles. The van der Waals surface area contributed by atoms with Crippen molar-refractivity contribution in [1.82, 2.24) is 10.6 Å². The molecule has 0 aliphatic heterocycles. The minimum absolute atomic E-state index is 0.0408. The van der Waals surface area contributed by atoms with Crippen molar-refractivity contribution in [2.75, 3.05) is 32.9 Å². The van der Waals surface area contributed by atoms with E-state index in [0.717, 1.165) is 0 Å². The summed E-state index contributed by atoms with van der Waals surface area (Å²) in [5.74, 6) is -2.04. The number of carbonyl (C=O) groups excluding carboxylic acids is 2. The number of halogens is 3. The summed E-state index contributed by atoms with van der Waals surface area (Å²) < 4.78 is 52.3. The molecule has 0 aliphatic carbocycles. The zero-order valence-corrected chi connectivity index (χ0v) is 16.8. The van der Waals surface area contributed by atoms with Crippen molar-refractivity contribution >= 4 is 17.7 Å². The van der Waals surface area contributed by atoms with Crippen LogP contribution in [0, 0.1) is 10.1 Å². The van der Waals surface area contributed by atoms with Gasteiger partial charge in [0, 0.05) is 30.8 Å². The van der Waals surface area contributed by atoms with Crippen LogP contribution >= 0.6 is 0 Å². The SMILES string of the molecule is CCOC(=O)NCCCOC(OCCCNC(=O)C(F)(F)F)c1ccc([N+](=O)[O-])cc1. The minimum Gasteiger partial charge on any atom is -0.450 e. The van der Waals surface area contributed by atoms with Crippen molar-refractivity contribution in [1.29, 1.82) is 0 Å². The first-order valence-corrected chi connectivity index (χ1v) is 9.38. The summed E-state index contributed by atoms with van der Waals surface area (Å²) in [7, 11) is 0. The molecule has 0 saturated carbocycles. The van der Waals surface area contributed by atoms with E-state index in [1.807, 2.05) is 0 Å². The molecule has 174 valence electrons. The summed E-state index contributed by atoms with van der Waals surface area (Å²) in [5.41, 5.74) is 0.333. The number of non-ortho nitro benzene ring substituents is 1. The zero-order valence-electron chi connectivity index (χ0n) is 16.8. The number of hydrogen-bond donors (Lipinski definition) is 2. The van der Waals surface area contributed by atoms with E-state index in [2.05, 4.69) is 5.32 Å². The molecule has 0 fully saturated rings. The smallest absolute Gasteiger partial charge is 0.450 e. The van der Waals surface area contributed by atoms with E-state index >= 15 is 0 Å². The van der Waals surface area contributed by atoms with Gasteiger partial charge in [0.05, 0.1) is 24.7 Å². The van der Waals surface area contributed by atoms with Gasteiger partial charge in [0.25, 0.3) is 5.69 Å². The third-order valence-electron chi connectivity index (χ3n) is 3.64. The monoisotopic (exact) mass is 451 g/mol. The Bertz CT molecular complexity index is 714. The molecule has 0 radical (unpaired) electrons. The van der Waals surface area contributed by atoms with Crippen LogP contribution in [0.1, 0.15) is 31.6 Å². The van der Waals surface area contributed by atoms with Gasteiger partial charge in [0.15, 0.2) is 6.29 Å². The highest BCUT2D eigenvalue weighted by atomic mass is 19.4. The van der Waals surface area contributed by atoms with E-state index in [4.69, 9.17) is 14.2 Å². The number of nitrogens with one attached hydrogen (secondary N) is 2. The Hall–Kier alpha value is -2.93. The van der Waals surface area contributed by atoms with Gasteiger partial charge in [-0.25, -0.2) is 4.79 Å². The van der Waals surface area contributed by atoms with E-state index in [-0.39, 0.29) is 45.0 Å². The van der Waals surface area contributed by atoms with Crippen molar-refractivity contribution in [2.24, 2.45) is 0 Å². The molecule has 0 bridgehead atoms. The molecule has 2 N–H and O–H groups in total. The summed E-state index contributed by atoms with van der Waals surface area (Å²) in [6.45, 7) is 2.04. The lowest BCUT2D eigenvalue weighted by atomic mass is 10.2. The quantitative estimate of drug-likeness (QED) is 0.204. The Morgan fingerprint density at radius 1 is 1.06 bits per heavy atom. The number of nitrogens with zero attached hydrogens (tertiary/aromatic N) is 1. The maximum absolute atomic E-state index is 12.1. The van der Waals surface area contributed by atoms with Crippen molar-refractivity contribution in [3.63, 3.8) is 0 Å². The molecule has 0 heterocycles. The maximum atomic E-state index is 12.1. The van der Waals surface area contributed by atoms with Gasteiger partial charge < -0.3 is 24.8 Å². The number of alkyl carbamates (subject to hydrolysis) is 1. The Kier molecular flexibility index (Phi) is 11.3. The van der Waals surface area contributed by atoms with Crippen molar-refractivity contribution < 1.29 is 41.9 Å². The van der Waals surface area contributed by atoms with Crippen LogP contribution in [0.15, 0.2) is 24.3 Å². The van der Waals surface area contributed by atoms with Crippen LogP contribution in [0.4, 0.5) is 23.7 Å². The van der Waals surface area contributed by atoms with Gasteiger partial charge in [-0.15, -0.1) is 0 Å². The van der Waals surface area contributed by atoms with Crippen LogP contribution in [-0.2, 0) is 19.0 Å². The molecule has 10 nitrogen and oxygen atoms in total. The Morgan fingerprint density at radius 2 is 1.61 bits per heavy atom. The van der Waals surface area contributed by atoms with Gasteiger partial charge in [-0.1, -0.05) is 0 Å². The van der Waals surface area contributed by atoms with Gasteiger partial charge >= 0.3 is 18.2 Å². The number of rotatable bonds is 13. The molecule has 1 aromatic rings. The molecule has 0 spiro atoms. The van der Waals surface area contributed by atoms with Crippen LogP contribution in [0.2, 0.25) is 0 Å². The molecular weight excluding hydrogens is 427 g/mol. The lowest BCUT2D eigenvalue weighted by Crippen LogP contribution is -2.37. The van der Waals surface area contributed by atoms with E-state index in [0.29, 0.717) is 12.0 Å². The number of carbonyl (C=O) groups is 2. The number of nitro benzene ring substituents is 1. The second-order valence-electron chi connectivity index (χ2n) is 6.03. The Morgan fingerprint density at radius 3 is 2.10 bits per heavy atom. The molecule has 1 atom stereocenters. The van der Waals surface area contributed by atoms with Crippen molar-refractivity contribution in [3.05, 3.63) is 39.9 Å². The van der Waals surface area contributed by atoms with E-state index in [1.54, 1.807) is 12.2 Å². The predicted molar refractivity (Wildman–Crippen MR) is 101 cm³/mol. The topological polar surface area (TPSA) is 129 Å². The second kappa shape index (κ2) is 13.4. The normalized spacial score (nSPS) is 12.1. The molecule has 0 aromatic heterocycles. The summed E-state index contributed by atoms with van der Waals surface area (Å²) in [5, 5.41) is 15.0. The number of alkyl halides is 3. The molecule has 0 aliphatic rings. The van der Waals surface area contributed by atoms with Gasteiger partial charge in [-0.05, 0) is 31.9 Å². The van der Waals surface area contributed by atoms with Gasteiger partial charge in [-0.2, -0.15) is 13.2 Å². The number of benzene rings is 1. The molecule has 1 aromatic carbocycles. The van der Waals surface area contributed by atoms with Crippen LogP contribution < -0.4 is 10.6 Å². The molecule has 13 heteroatoms. The van der Waals surface area contributed by atoms with Crippen LogP contribution in [0.3, 0.4) is 0 Å². The standard InChI is InChI=1S/C18H24F3N3O7/c1-2-29-17(26)23-10-4-12-31-15(13-5-7-14(8-6-13)24(27)28)30-11-3-9-22-16(25)18(19,20)21/h5-8,15H,2-4,9-12H2,1H3,(H,22,25)(H,23,26). The molecule has 2 amide bonds. The molecule has 1 rings (SSSR count). The minimum atomic E-state index is -4.96. The third kappa shape index (κ3) is 10.6. The molecule has 1 unspecified atom stereocenters. The Labute approximate surface area is 176 Å². The number of amides is 2. The van der Waals surface area contributed by atoms with Gasteiger partial charge in [0.1, 0.15) is 0 Å². The average Bonchev–Trinajstić information content (AvgIpc) is 2.71.